The average molecular weight is 661 g/mol. The maximum absolute atomic E-state index is 13.8. The van der Waals surface area contributed by atoms with Gasteiger partial charge in [0.05, 0.1) is 0 Å². The quantitative estimate of drug-likeness (QED) is 0.125. The zero-order valence-electron chi connectivity index (χ0n) is 30.1. The molecule has 4 atom stereocenters. The number of hydrogen-bond donors (Lipinski definition) is 5. The molecule has 0 fully saturated rings. The number of benzene rings is 1. The van der Waals surface area contributed by atoms with Crippen molar-refractivity contribution in [2.45, 2.75) is 117 Å². The van der Waals surface area contributed by atoms with Crippen LogP contribution in [0.25, 0.3) is 0 Å². The van der Waals surface area contributed by atoms with Crippen LogP contribution in [0.1, 0.15) is 99.0 Å². The van der Waals surface area contributed by atoms with Crippen molar-refractivity contribution < 1.29 is 28.7 Å². The van der Waals surface area contributed by atoms with Crippen LogP contribution in [0.15, 0.2) is 24.3 Å². The lowest BCUT2D eigenvalue weighted by atomic mass is 9.77. The van der Waals surface area contributed by atoms with Crippen LogP contribution >= 0.6 is 0 Å². The predicted octanol–water partition coefficient (Wildman–Crippen LogP) is 3.66. The first-order valence-corrected chi connectivity index (χ1v) is 16.9. The van der Waals surface area contributed by atoms with Crippen molar-refractivity contribution in [3.05, 3.63) is 29.8 Å². The summed E-state index contributed by atoms with van der Waals surface area (Å²) in [6.45, 7) is 14.3. The van der Waals surface area contributed by atoms with Gasteiger partial charge in [0.25, 0.3) is 0 Å². The smallest absolute Gasteiger partial charge is 0.410 e. The average Bonchev–Trinajstić information content (AvgIpc) is 2.99. The fourth-order valence-electron chi connectivity index (χ4n) is 5.12. The SMILES string of the molecule is CCCCCC(=O)NC(Cc1ccc(OC(=O)NCCN(C)C)cc1)C(=O)NC(C(=O)NC(C)(CC)CC(C)(C)C(N)=O)C(C)CC. The van der Waals surface area contributed by atoms with E-state index < -0.39 is 40.9 Å². The highest BCUT2D eigenvalue weighted by molar-refractivity contribution is 5.92. The maximum atomic E-state index is 13.8. The first-order chi connectivity index (χ1) is 22.0. The van der Waals surface area contributed by atoms with E-state index in [1.165, 1.54) is 0 Å². The number of rotatable bonds is 21. The minimum Gasteiger partial charge on any atom is -0.410 e. The topological polar surface area (TPSA) is 172 Å². The first-order valence-electron chi connectivity index (χ1n) is 16.9. The van der Waals surface area contributed by atoms with Crippen LogP contribution in [-0.4, -0.2) is 79.4 Å². The number of carbonyl (C=O) groups excluding carboxylic acids is 5. The molecular formula is C35H60N6O6. The Labute approximate surface area is 281 Å². The summed E-state index contributed by atoms with van der Waals surface area (Å²) in [5.74, 6) is -1.43. The number of primary amides is 1. The molecule has 1 aromatic carbocycles. The number of nitrogens with zero attached hydrogens (tertiary/aromatic N) is 1. The molecule has 4 unspecified atom stereocenters. The molecule has 47 heavy (non-hydrogen) atoms. The number of hydrogen-bond acceptors (Lipinski definition) is 7. The normalized spacial score (nSPS) is 14.7. The summed E-state index contributed by atoms with van der Waals surface area (Å²) in [4.78, 5) is 66.5. The van der Waals surface area contributed by atoms with Gasteiger partial charge in [0.2, 0.25) is 23.6 Å². The molecule has 0 aromatic heterocycles. The van der Waals surface area contributed by atoms with Crippen LogP contribution in [0.5, 0.6) is 5.75 Å². The minimum absolute atomic E-state index is 0.162. The molecule has 5 amide bonds. The standard InChI is InChI=1S/C35H60N6O6/c1-10-13-14-15-28(42)38-27(22-25-16-18-26(19-17-25)47-33(46)37-20-21-41(8)9)30(43)39-29(24(4)11-2)31(44)40-35(7,12-3)23-34(5,6)32(36)45/h16-19,24,27,29H,10-15,20-23H2,1-9H3,(H2,36,45)(H,37,46)(H,38,42)(H,39,43)(H,40,44). The Kier molecular flexibility index (Phi) is 17.5. The summed E-state index contributed by atoms with van der Waals surface area (Å²) >= 11 is 0. The molecule has 0 bridgehead atoms. The van der Waals surface area contributed by atoms with E-state index in [9.17, 15) is 24.0 Å². The van der Waals surface area contributed by atoms with Crippen molar-refractivity contribution >= 4 is 29.7 Å². The summed E-state index contributed by atoms with van der Waals surface area (Å²) in [6, 6.07) is 4.91. The summed E-state index contributed by atoms with van der Waals surface area (Å²) in [7, 11) is 3.81. The van der Waals surface area contributed by atoms with Gasteiger partial charge in [0.1, 0.15) is 17.8 Å². The van der Waals surface area contributed by atoms with E-state index in [-0.39, 0.29) is 30.6 Å². The van der Waals surface area contributed by atoms with Crippen LogP contribution in [-0.2, 0) is 25.6 Å². The van der Waals surface area contributed by atoms with Gasteiger partial charge in [-0.3, -0.25) is 19.2 Å². The number of ether oxygens (including phenoxy) is 1. The Morgan fingerprint density at radius 1 is 0.936 bits per heavy atom. The van der Waals surface area contributed by atoms with Crippen LogP contribution in [0.2, 0.25) is 0 Å². The molecule has 0 aliphatic heterocycles. The second-order valence-electron chi connectivity index (χ2n) is 13.7. The third-order valence-electron chi connectivity index (χ3n) is 8.56. The van der Waals surface area contributed by atoms with Crippen molar-refractivity contribution in [3.63, 3.8) is 0 Å². The Balaban J connectivity index is 3.17. The minimum atomic E-state index is -0.948. The van der Waals surface area contributed by atoms with Gasteiger partial charge in [-0.25, -0.2) is 4.79 Å². The molecule has 1 aromatic rings. The second kappa shape index (κ2) is 19.9. The van der Waals surface area contributed by atoms with Crippen molar-refractivity contribution in [2.75, 3.05) is 27.2 Å². The molecule has 1 rings (SSSR count). The Morgan fingerprint density at radius 3 is 2.11 bits per heavy atom. The molecule has 266 valence electrons. The van der Waals surface area contributed by atoms with E-state index in [0.717, 1.165) is 18.4 Å². The fraction of sp³-hybridized carbons (Fsp3) is 0.686. The number of likely N-dealkylation sites (N-methyl/N-ethyl adjacent to an activating group) is 1. The number of nitrogens with two attached hydrogens (primary N) is 1. The van der Waals surface area contributed by atoms with E-state index in [1.54, 1.807) is 38.1 Å². The van der Waals surface area contributed by atoms with Gasteiger partial charge in [-0.2, -0.15) is 0 Å². The molecular weight excluding hydrogens is 600 g/mol. The fourth-order valence-corrected chi connectivity index (χ4v) is 5.12. The van der Waals surface area contributed by atoms with E-state index in [0.29, 0.717) is 44.5 Å². The molecule has 0 heterocycles. The van der Waals surface area contributed by atoms with Gasteiger partial charge < -0.3 is 36.6 Å². The molecule has 12 heteroatoms. The molecule has 6 N–H and O–H groups in total. The summed E-state index contributed by atoms with van der Waals surface area (Å²) in [6.07, 6.45) is 3.93. The highest BCUT2D eigenvalue weighted by Gasteiger charge is 2.38. The van der Waals surface area contributed by atoms with Crippen LogP contribution < -0.4 is 31.7 Å². The molecule has 0 radical (unpaired) electrons. The van der Waals surface area contributed by atoms with Gasteiger partial charge in [-0.15, -0.1) is 0 Å². The van der Waals surface area contributed by atoms with Gasteiger partial charge in [0, 0.05) is 36.9 Å². The zero-order valence-corrected chi connectivity index (χ0v) is 30.1. The van der Waals surface area contributed by atoms with E-state index in [4.69, 9.17) is 10.5 Å². The monoisotopic (exact) mass is 660 g/mol. The van der Waals surface area contributed by atoms with Crippen molar-refractivity contribution in [3.8, 4) is 5.75 Å². The summed E-state index contributed by atoms with van der Waals surface area (Å²) in [5.41, 5.74) is 4.76. The van der Waals surface area contributed by atoms with E-state index in [2.05, 4.69) is 21.3 Å². The van der Waals surface area contributed by atoms with Crippen molar-refractivity contribution in [1.82, 2.24) is 26.2 Å². The number of unbranched alkanes of at least 4 members (excludes halogenated alkanes) is 2. The van der Waals surface area contributed by atoms with Crippen LogP contribution in [0.3, 0.4) is 0 Å². The molecule has 0 saturated heterocycles. The van der Waals surface area contributed by atoms with Gasteiger partial charge in [-0.1, -0.05) is 72.9 Å². The second-order valence-corrected chi connectivity index (χ2v) is 13.7. The Hall–Kier alpha value is -3.67. The highest BCUT2D eigenvalue weighted by Crippen LogP contribution is 2.30. The highest BCUT2D eigenvalue weighted by atomic mass is 16.6. The number of amides is 5. The van der Waals surface area contributed by atoms with Crippen LogP contribution in [0.4, 0.5) is 4.79 Å². The lowest BCUT2D eigenvalue weighted by Gasteiger charge is -2.38. The molecule has 0 saturated carbocycles. The van der Waals surface area contributed by atoms with Crippen LogP contribution in [0, 0.1) is 11.3 Å². The van der Waals surface area contributed by atoms with E-state index in [1.807, 2.05) is 53.6 Å². The number of carbonyl (C=O) groups is 5. The lowest BCUT2D eigenvalue weighted by molar-refractivity contribution is -0.134. The Morgan fingerprint density at radius 2 is 1.57 bits per heavy atom. The van der Waals surface area contributed by atoms with Crippen molar-refractivity contribution in [2.24, 2.45) is 17.1 Å². The van der Waals surface area contributed by atoms with Crippen molar-refractivity contribution in [1.29, 1.82) is 0 Å². The predicted molar refractivity (Wildman–Crippen MR) is 185 cm³/mol. The maximum Gasteiger partial charge on any atom is 0.412 e. The first kappa shape index (κ1) is 41.4. The summed E-state index contributed by atoms with van der Waals surface area (Å²) in [5, 5.41) is 11.6. The Bertz CT molecular complexity index is 1170. The van der Waals surface area contributed by atoms with Gasteiger partial charge >= 0.3 is 6.09 Å². The largest absolute Gasteiger partial charge is 0.412 e. The molecule has 12 nitrogen and oxygen atoms in total. The third kappa shape index (κ3) is 15.2. The molecule has 0 aliphatic rings. The van der Waals surface area contributed by atoms with E-state index >= 15 is 0 Å². The molecule has 0 spiro atoms. The molecule has 0 aliphatic carbocycles. The zero-order chi connectivity index (χ0) is 35.8. The number of nitrogens with one attached hydrogen (secondary N) is 4. The summed E-state index contributed by atoms with van der Waals surface area (Å²) < 4.78 is 5.35. The van der Waals surface area contributed by atoms with Gasteiger partial charge in [0.15, 0.2) is 0 Å². The third-order valence-corrected chi connectivity index (χ3v) is 8.56. The lowest BCUT2D eigenvalue weighted by Crippen LogP contribution is -2.60. The van der Waals surface area contributed by atoms with Gasteiger partial charge in [-0.05, 0) is 63.9 Å².